The Morgan fingerprint density at radius 3 is 3.00 bits per heavy atom. The monoisotopic (exact) mass is 243 g/mol. The predicted molar refractivity (Wildman–Crippen MR) is 56.6 cm³/mol. The van der Waals surface area contributed by atoms with Gasteiger partial charge in [0.15, 0.2) is 11.0 Å². The highest BCUT2D eigenvalue weighted by molar-refractivity contribution is 6.29. The summed E-state index contributed by atoms with van der Waals surface area (Å²) in [5.41, 5.74) is 0. The molecule has 86 valence electrons. The highest BCUT2D eigenvalue weighted by atomic mass is 35.5. The third kappa shape index (κ3) is 1.94. The molecule has 0 bridgehead atoms. The highest BCUT2D eigenvalue weighted by Gasteiger charge is 2.32. The number of carbonyl (C=O) groups is 1. The van der Waals surface area contributed by atoms with Gasteiger partial charge in [0.1, 0.15) is 0 Å². The molecule has 0 spiro atoms. The summed E-state index contributed by atoms with van der Waals surface area (Å²) in [5, 5.41) is 9.56. The smallest absolute Gasteiger partial charge is 0.259 e. The van der Waals surface area contributed by atoms with Crippen LogP contribution in [0.5, 0.6) is 5.88 Å². The molecule has 1 unspecified atom stereocenters. The minimum atomic E-state index is -0.672. The lowest BCUT2D eigenvalue weighted by molar-refractivity contribution is -0.117. The molecule has 2 heterocycles. The van der Waals surface area contributed by atoms with Crippen molar-refractivity contribution in [2.45, 2.75) is 12.5 Å². The molecule has 0 saturated carbocycles. The molecule has 1 fully saturated rings. The summed E-state index contributed by atoms with van der Waals surface area (Å²) >= 11 is 5.66. The van der Waals surface area contributed by atoms with E-state index in [1.807, 2.05) is 0 Å². The van der Waals surface area contributed by atoms with Gasteiger partial charge < -0.3 is 9.84 Å². The molecular weight excluding hydrogens is 234 g/mol. The zero-order valence-corrected chi connectivity index (χ0v) is 9.31. The van der Waals surface area contributed by atoms with Crippen LogP contribution in [0.1, 0.15) is 6.42 Å². The molecule has 1 saturated heterocycles. The molecule has 2 rings (SSSR count). The summed E-state index contributed by atoms with van der Waals surface area (Å²) in [6.07, 6.45) is 0.750. The maximum atomic E-state index is 11.5. The molecule has 7 heteroatoms. The molecule has 1 aliphatic heterocycles. The molecule has 1 amide bonds. The fraction of sp³-hybridized carbons (Fsp3) is 0.444. The summed E-state index contributed by atoms with van der Waals surface area (Å²) in [6.45, 7) is 0.200. The largest absolute Gasteiger partial charge is 0.478 e. The van der Waals surface area contributed by atoms with Crippen LogP contribution in [0.25, 0.3) is 0 Å². The Balaban J connectivity index is 2.36. The second kappa shape index (κ2) is 4.23. The number of aliphatic hydroxyl groups excluding tert-OH is 1. The average molecular weight is 244 g/mol. The van der Waals surface area contributed by atoms with E-state index in [0.29, 0.717) is 0 Å². The number of amides is 1. The lowest BCUT2D eigenvalue weighted by atomic mass is 10.3. The van der Waals surface area contributed by atoms with Gasteiger partial charge in [0, 0.05) is 0 Å². The van der Waals surface area contributed by atoms with E-state index < -0.39 is 6.10 Å². The zero-order valence-electron chi connectivity index (χ0n) is 8.55. The van der Waals surface area contributed by atoms with E-state index in [0.717, 1.165) is 0 Å². The molecule has 1 N–H and O–H groups in total. The van der Waals surface area contributed by atoms with E-state index in [1.165, 1.54) is 18.2 Å². The quantitative estimate of drug-likeness (QED) is 0.805. The number of carbonyl (C=O) groups excluding carboxylic acids is 1. The molecule has 0 radical (unpaired) electrons. The minimum absolute atomic E-state index is 0.0907. The number of hydrogen-bond donors (Lipinski definition) is 1. The first kappa shape index (κ1) is 11.1. The summed E-state index contributed by atoms with van der Waals surface area (Å²) in [6, 6.07) is 0. The van der Waals surface area contributed by atoms with Crippen LogP contribution in [0, 0.1) is 0 Å². The van der Waals surface area contributed by atoms with Crippen molar-refractivity contribution in [1.29, 1.82) is 0 Å². The molecule has 1 atom stereocenters. The van der Waals surface area contributed by atoms with E-state index in [4.69, 9.17) is 16.3 Å². The minimum Gasteiger partial charge on any atom is -0.478 e. The van der Waals surface area contributed by atoms with Gasteiger partial charge in [-0.3, -0.25) is 9.69 Å². The first-order valence-electron chi connectivity index (χ1n) is 4.66. The highest BCUT2D eigenvalue weighted by Crippen LogP contribution is 2.28. The molecule has 1 aromatic rings. The van der Waals surface area contributed by atoms with Crippen molar-refractivity contribution in [3.8, 4) is 5.88 Å². The van der Waals surface area contributed by atoms with E-state index in [9.17, 15) is 9.90 Å². The molecule has 16 heavy (non-hydrogen) atoms. The maximum Gasteiger partial charge on any atom is 0.259 e. The Kier molecular flexibility index (Phi) is 2.93. The van der Waals surface area contributed by atoms with Gasteiger partial charge in [-0.2, -0.15) is 4.98 Å². The Bertz CT molecular complexity index is 426. The van der Waals surface area contributed by atoms with Crippen LogP contribution in [-0.2, 0) is 4.79 Å². The average Bonchev–Trinajstić information content (AvgIpc) is 2.57. The molecule has 1 aliphatic rings. The first-order chi connectivity index (χ1) is 7.61. The van der Waals surface area contributed by atoms with Gasteiger partial charge in [0.2, 0.25) is 5.91 Å². The lowest BCUT2D eigenvalue weighted by Gasteiger charge is -2.16. The van der Waals surface area contributed by atoms with Gasteiger partial charge in [-0.25, -0.2) is 4.98 Å². The summed E-state index contributed by atoms with van der Waals surface area (Å²) < 4.78 is 4.99. The summed E-state index contributed by atoms with van der Waals surface area (Å²) in [7, 11) is 1.42. The molecule has 6 nitrogen and oxygen atoms in total. The number of β-amino-alcohol motifs (C(OH)–C–C–N with tert-alkyl or cyclic N) is 1. The Morgan fingerprint density at radius 1 is 1.69 bits per heavy atom. The fourth-order valence-corrected chi connectivity index (χ4v) is 1.69. The Labute approximate surface area is 96.8 Å². The van der Waals surface area contributed by atoms with E-state index in [-0.39, 0.29) is 35.7 Å². The number of aromatic nitrogens is 2. The third-order valence-corrected chi connectivity index (χ3v) is 2.43. The van der Waals surface area contributed by atoms with Crippen LogP contribution in [0.4, 0.5) is 5.82 Å². The van der Waals surface area contributed by atoms with E-state index in [2.05, 4.69) is 9.97 Å². The van der Waals surface area contributed by atoms with Crippen molar-refractivity contribution < 1.29 is 14.6 Å². The summed E-state index contributed by atoms with van der Waals surface area (Å²) in [4.78, 5) is 20.8. The van der Waals surface area contributed by atoms with E-state index >= 15 is 0 Å². The van der Waals surface area contributed by atoms with Crippen LogP contribution in [-0.4, -0.2) is 40.7 Å². The fourth-order valence-electron chi connectivity index (χ4n) is 1.56. The van der Waals surface area contributed by atoms with Gasteiger partial charge in [0.25, 0.3) is 5.88 Å². The van der Waals surface area contributed by atoms with Gasteiger partial charge in [-0.15, -0.1) is 0 Å². The van der Waals surface area contributed by atoms with E-state index in [1.54, 1.807) is 0 Å². The van der Waals surface area contributed by atoms with Crippen molar-refractivity contribution in [1.82, 2.24) is 9.97 Å². The van der Waals surface area contributed by atoms with Crippen molar-refractivity contribution in [2.75, 3.05) is 18.6 Å². The van der Waals surface area contributed by atoms with Crippen molar-refractivity contribution in [2.24, 2.45) is 0 Å². The number of aliphatic hydroxyl groups is 1. The van der Waals surface area contributed by atoms with Crippen LogP contribution >= 0.6 is 11.6 Å². The number of halogens is 1. The van der Waals surface area contributed by atoms with Crippen molar-refractivity contribution >= 4 is 23.3 Å². The van der Waals surface area contributed by atoms with Gasteiger partial charge in [-0.1, -0.05) is 11.6 Å². The Hall–Kier alpha value is -1.40. The SMILES string of the molecule is COc1nc(Cl)cnc1N1CC(O)CC1=O. The van der Waals surface area contributed by atoms with Crippen LogP contribution in [0.15, 0.2) is 6.20 Å². The van der Waals surface area contributed by atoms with Gasteiger partial charge >= 0.3 is 0 Å². The second-order valence-corrected chi connectivity index (χ2v) is 3.78. The number of rotatable bonds is 2. The number of methoxy groups -OCH3 is 1. The lowest BCUT2D eigenvalue weighted by Crippen LogP contribution is -2.27. The first-order valence-corrected chi connectivity index (χ1v) is 5.04. The Morgan fingerprint density at radius 2 is 2.44 bits per heavy atom. The molecular formula is C9H10ClN3O3. The maximum absolute atomic E-state index is 11.5. The zero-order chi connectivity index (χ0) is 11.7. The van der Waals surface area contributed by atoms with Crippen LogP contribution < -0.4 is 9.64 Å². The van der Waals surface area contributed by atoms with Crippen molar-refractivity contribution in [3.63, 3.8) is 0 Å². The number of anilines is 1. The number of ether oxygens (including phenoxy) is 1. The van der Waals surface area contributed by atoms with Gasteiger partial charge in [0.05, 0.1) is 32.4 Å². The topological polar surface area (TPSA) is 75.6 Å². The predicted octanol–water partition coefficient (Wildman–Crippen LogP) is 0.236. The summed E-state index contributed by atoms with van der Waals surface area (Å²) in [5.74, 6) is 0.255. The van der Waals surface area contributed by atoms with Crippen molar-refractivity contribution in [3.05, 3.63) is 11.3 Å². The third-order valence-electron chi connectivity index (χ3n) is 2.25. The molecule has 1 aromatic heterocycles. The van der Waals surface area contributed by atoms with Crippen LogP contribution in [0.2, 0.25) is 5.15 Å². The molecule has 0 aromatic carbocycles. The standard InChI is InChI=1S/C9H10ClN3O3/c1-16-9-8(11-3-6(10)12-9)13-4-5(14)2-7(13)15/h3,5,14H,2,4H2,1H3. The number of nitrogens with zero attached hydrogens (tertiary/aromatic N) is 3. The second-order valence-electron chi connectivity index (χ2n) is 3.39. The van der Waals surface area contributed by atoms with Gasteiger partial charge in [-0.05, 0) is 0 Å². The normalized spacial score (nSPS) is 20.3. The van der Waals surface area contributed by atoms with Crippen LogP contribution in [0.3, 0.4) is 0 Å². The number of hydrogen-bond acceptors (Lipinski definition) is 5. The molecule has 0 aliphatic carbocycles.